The van der Waals surface area contributed by atoms with Gasteiger partial charge in [-0.05, 0) is 47.7 Å². The van der Waals surface area contributed by atoms with Crippen LogP contribution in [0.1, 0.15) is 21.9 Å². The largest absolute Gasteiger partial charge is 0.484 e. The normalized spacial score (nSPS) is 15.1. The highest BCUT2D eigenvalue weighted by Crippen LogP contribution is 2.33. The number of carbonyl (C=O) groups excluding carboxylic acids is 4. The number of ether oxygens (including phenoxy) is 2. The number of primary amides is 1. The third-order valence-corrected chi connectivity index (χ3v) is 4.70. The molecule has 2 heterocycles. The van der Waals surface area contributed by atoms with Crippen LogP contribution in [0, 0.1) is 0 Å². The molecule has 1 aromatic carbocycles. The Balaban J connectivity index is 1.68. The molecule has 0 bridgehead atoms. The molecule has 9 nitrogen and oxygen atoms in total. The molecule has 0 aliphatic carbocycles. The highest BCUT2D eigenvalue weighted by atomic mass is 32.2. The number of nitrogens with two attached hydrogens (primary N) is 1. The molecule has 3 rings (SSSR count). The Labute approximate surface area is 169 Å². The van der Waals surface area contributed by atoms with Crippen LogP contribution < -0.4 is 10.5 Å². The average Bonchev–Trinajstić information content (AvgIpc) is 3.27. The van der Waals surface area contributed by atoms with Crippen LogP contribution >= 0.6 is 11.8 Å². The predicted molar refractivity (Wildman–Crippen MR) is 103 cm³/mol. The van der Waals surface area contributed by atoms with Crippen LogP contribution in [-0.4, -0.2) is 41.6 Å². The van der Waals surface area contributed by atoms with Crippen LogP contribution in [0.15, 0.2) is 45.7 Å². The summed E-state index contributed by atoms with van der Waals surface area (Å²) in [6.45, 7) is -0.332. The minimum absolute atomic E-state index is 0.0105. The third-order valence-electron chi connectivity index (χ3n) is 3.79. The standard InChI is InChI=1S/C19H16N2O7S/c1-26-18(24)14-7-6-13(28-14)9-21-17(23)15(29-19(21)25)8-11-2-4-12(5-3-11)27-10-16(20)22/h2-8H,9-10H2,1H3,(H2,20,22)/b15-8+. The third kappa shape index (κ3) is 4.85. The molecule has 1 fully saturated rings. The van der Waals surface area contributed by atoms with Gasteiger partial charge in [0.15, 0.2) is 6.61 Å². The lowest BCUT2D eigenvalue weighted by Crippen LogP contribution is -2.27. The van der Waals surface area contributed by atoms with Gasteiger partial charge in [0.05, 0.1) is 18.6 Å². The molecule has 0 spiro atoms. The summed E-state index contributed by atoms with van der Waals surface area (Å²) in [5.74, 6) is -0.974. The van der Waals surface area contributed by atoms with Gasteiger partial charge in [-0.2, -0.15) is 0 Å². The van der Waals surface area contributed by atoms with Crippen molar-refractivity contribution < 1.29 is 33.1 Å². The van der Waals surface area contributed by atoms with Crippen LogP contribution in [0.5, 0.6) is 5.75 Å². The van der Waals surface area contributed by atoms with E-state index in [1.54, 1.807) is 30.3 Å². The summed E-state index contributed by atoms with van der Waals surface area (Å²) >= 11 is 0.805. The first-order valence-electron chi connectivity index (χ1n) is 8.31. The first-order valence-corrected chi connectivity index (χ1v) is 9.12. The summed E-state index contributed by atoms with van der Waals surface area (Å²) in [7, 11) is 1.22. The van der Waals surface area contributed by atoms with E-state index in [-0.39, 0.29) is 29.6 Å². The minimum Gasteiger partial charge on any atom is -0.484 e. The highest BCUT2D eigenvalue weighted by molar-refractivity contribution is 8.18. The molecule has 0 saturated carbocycles. The average molecular weight is 416 g/mol. The molecular formula is C19H16N2O7S. The summed E-state index contributed by atoms with van der Waals surface area (Å²) in [5.41, 5.74) is 5.69. The molecule has 3 amide bonds. The van der Waals surface area contributed by atoms with Crippen LogP contribution in [-0.2, 0) is 20.9 Å². The van der Waals surface area contributed by atoms with Gasteiger partial charge in [-0.1, -0.05) is 12.1 Å². The maximum Gasteiger partial charge on any atom is 0.373 e. The molecule has 0 atom stereocenters. The van der Waals surface area contributed by atoms with Gasteiger partial charge >= 0.3 is 5.97 Å². The molecule has 0 radical (unpaired) electrons. The Morgan fingerprint density at radius 1 is 1.17 bits per heavy atom. The molecule has 1 aromatic heterocycles. The maximum absolute atomic E-state index is 12.6. The quantitative estimate of drug-likeness (QED) is 0.537. The van der Waals surface area contributed by atoms with Crippen molar-refractivity contribution >= 4 is 40.9 Å². The fraction of sp³-hybridized carbons (Fsp3) is 0.158. The number of hydrogen-bond acceptors (Lipinski definition) is 8. The predicted octanol–water partition coefficient (Wildman–Crippen LogP) is 2.17. The van der Waals surface area contributed by atoms with Gasteiger partial charge in [0.2, 0.25) is 5.76 Å². The van der Waals surface area contributed by atoms with Crippen LogP contribution in [0.3, 0.4) is 0 Å². The smallest absolute Gasteiger partial charge is 0.373 e. The number of imide groups is 1. The fourth-order valence-corrected chi connectivity index (χ4v) is 3.27. The zero-order valence-corrected chi connectivity index (χ0v) is 16.1. The van der Waals surface area contributed by atoms with Gasteiger partial charge in [0, 0.05) is 0 Å². The van der Waals surface area contributed by atoms with E-state index in [4.69, 9.17) is 14.9 Å². The molecule has 2 aromatic rings. The molecule has 1 aliphatic heterocycles. The Bertz CT molecular complexity index is 994. The first kappa shape index (κ1) is 20.2. The van der Waals surface area contributed by atoms with Crippen molar-refractivity contribution in [2.75, 3.05) is 13.7 Å². The van der Waals surface area contributed by atoms with Crippen molar-refractivity contribution in [3.05, 3.63) is 58.4 Å². The van der Waals surface area contributed by atoms with Crippen LogP contribution in [0.2, 0.25) is 0 Å². The molecule has 29 heavy (non-hydrogen) atoms. The molecule has 1 aliphatic rings. The molecule has 150 valence electrons. The van der Waals surface area contributed by atoms with Crippen molar-refractivity contribution in [1.82, 2.24) is 4.90 Å². The second-order valence-electron chi connectivity index (χ2n) is 5.85. The lowest BCUT2D eigenvalue weighted by Gasteiger charge is -2.09. The number of esters is 1. The fourth-order valence-electron chi connectivity index (χ4n) is 2.43. The van der Waals surface area contributed by atoms with Crippen LogP contribution in [0.25, 0.3) is 6.08 Å². The van der Waals surface area contributed by atoms with E-state index in [0.29, 0.717) is 11.3 Å². The summed E-state index contributed by atoms with van der Waals surface area (Å²) in [5, 5.41) is -0.446. The monoisotopic (exact) mass is 416 g/mol. The summed E-state index contributed by atoms with van der Waals surface area (Å²) in [6, 6.07) is 9.52. The number of carbonyl (C=O) groups is 4. The number of amides is 3. The van der Waals surface area contributed by atoms with Crippen molar-refractivity contribution in [2.24, 2.45) is 5.73 Å². The SMILES string of the molecule is COC(=O)c1ccc(CN2C(=O)S/C(=C/c3ccc(OCC(N)=O)cc3)C2=O)o1. The molecule has 10 heteroatoms. The van der Waals surface area contributed by atoms with E-state index in [0.717, 1.165) is 16.7 Å². The Kier molecular flexibility index (Phi) is 6.03. The van der Waals surface area contributed by atoms with Crippen molar-refractivity contribution in [3.63, 3.8) is 0 Å². The van der Waals surface area contributed by atoms with E-state index in [2.05, 4.69) is 4.74 Å². The van der Waals surface area contributed by atoms with Crippen LogP contribution in [0.4, 0.5) is 4.79 Å². The highest BCUT2D eigenvalue weighted by Gasteiger charge is 2.35. The van der Waals surface area contributed by atoms with E-state index in [9.17, 15) is 19.2 Å². The zero-order valence-electron chi connectivity index (χ0n) is 15.2. The number of hydrogen-bond donors (Lipinski definition) is 1. The Morgan fingerprint density at radius 2 is 1.90 bits per heavy atom. The number of nitrogens with zero attached hydrogens (tertiary/aromatic N) is 1. The van der Waals surface area contributed by atoms with E-state index in [1.165, 1.54) is 19.2 Å². The second-order valence-corrected chi connectivity index (χ2v) is 6.84. The van der Waals surface area contributed by atoms with Gasteiger partial charge in [-0.15, -0.1) is 0 Å². The number of rotatable bonds is 7. The summed E-state index contributed by atoms with van der Waals surface area (Å²) in [4.78, 5) is 48.2. The molecule has 1 saturated heterocycles. The topological polar surface area (TPSA) is 129 Å². The molecular weight excluding hydrogens is 400 g/mol. The molecule has 0 unspecified atom stereocenters. The second kappa shape index (κ2) is 8.65. The van der Waals surface area contributed by atoms with E-state index in [1.807, 2.05) is 0 Å². The maximum atomic E-state index is 12.6. The summed E-state index contributed by atoms with van der Waals surface area (Å²) < 4.78 is 15.0. The van der Waals surface area contributed by atoms with Gasteiger partial charge < -0.3 is 19.6 Å². The number of benzene rings is 1. The summed E-state index contributed by atoms with van der Waals surface area (Å²) in [6.07, 6.45) is 1.57. The van der Waals surface area contributed by atoms with Gasteiger partial charge in [-0.3, -0.25) is 19.3 Å². The lowest BCUT2D eigenvalue weighted by atomic mass is 10.2. The zero-order chi connectivity index (χ0) is 21.0. The number of methoxy groups -OCH3 is 1. The minimum atomic E-state index is -0.645. The molecule has 2 N–H and O–H groups in total. The van der Waals surface area contributed by atoms with E-state index < -0.39 is 23.0 Å². The van der Waals surface area contributed by atoms with Crippen molar-refractivity contribution in [3.8, 4) is 5.75 Å². The number of furan rings is 1. The van der Waals surface area contributed by atoms with Crippen molar-refractivity contribution in [1.29, 1.82) is 0 Å². The number of thioether (sulfide) groups is 1. The van der Waals surface area contributed by atoms with Crippen molar-refractivity contribution in [2.45, 2.75) is 6.54 Å². The van der Waals surface area contributed by atoms with Gasteiger partial charge in [0.25, 0.3) is 17.1 Å². The Hall–Kier alpha value is -3.53. The van der Waals surface area contributed by atoms with Gasteiger partial charge in [0.1, 0.15) is 11.5 Å². The van der Waals surface area contributed by atoms with Gasteiger partial charge in [-0.25, -0.2) is 4.79 Å². The van der Waals surface area contributed by atoms with E-state index >= 15 is 0 Å². The Morgan fingerprint density at radius 3 is 2.55 bits per heavy atom. The first-order chi connectivity index (χ1) is 13.9. The lowest BCUT2D eigenvalue weighted by molar-refractivity contribution is -0.123.